The maximum atomic E-state index is 5.43. The van der Waals surface area contributed by atoms with Crippen LogP contribution in [0, 0.1) is 0 Å². The number of imidazole rings is 1. The molecule has 0 bridgehead atoms. The van der Waals surface area contributed by atoms with Gasteiger partial charge in [-0.3, -0.25) is 0 Å². The van der Waals surface area contributed by atoms with Crippen molar-refractivity contribution in [1.29, 1.82) is 0 Å². The topological polar surface area (TPSA) is 17.8 Å². The lowest BCUT2D eigenvalue weighted by molar-refractivity contribution is 0.851. The van der Waals surface area contributed by atoms with Crippen LogP contribution in [0.2, 0.25) is 0 Å². The fourth-order valence-electron chi connectivity index (χ4n) is 0.385. The summed E-state index contributed by atoms with van der Waals surface area (Å²) in [5.74, 6) is 0. The number of nitrogens with zero attached hydrogens (tertiary/aromatic N) is 2. The van der Waals surface area contributed by atoms with E-state index in [1.807, 2.05) is 0 Å². The average molecular weight is 151 g/mol. The molecular weight excluding hydrogens is 147 g/mol. The summed E-state index contributed by atoms with van der Waals surface area (Å²) >= 11 is 10.9. The molecule has 0 saturated heterocycles. The molecule has 4 heteroatoms. The van der Waals surface area contributed by atoms with Crippen LogP contribution in [0.15, 0.2) is 18.7 Å². The van der Waals surface area contributed by atoms with Crippen LogP contribution in [0.5, 0.6) is 0 Å². The highest BCUT2D eigenvalue weighted by Gasteiger charge is 1.96. The van der Waals surface area contributed by atoms with Crippen molar-refractivity contribution in [1.82, 2.24) is 9.55 Å². The summed E-state index contributed by atoms with van der Waals surface area (Å²) in [6.07, 6.45) is 4.88. The monoisotopic (exact) mass is 150 g/mol. The molecule has 2 nitrogen and oxygen atoms in total. The Morgan fingerprint density at radius 1 is 1.50 bits per heavy atom. The van der Waals surface area contributed by atoms with E-state index in [4.69, 9.17) is 23.2 Å². The van der Waals surface area contributed by atoms with Gasteiger partial charge >= 0.3 is 0 Å². The first-order chi connectivity index (χ1) is 3.80. The molecular formula is C4H4Cl2N2. The Balaban J connectivity index is 2.77. The molecule has 0 atom stereocenters. The van der Waals surface area contributed by atoms with Gasteiger partial charge in [-0.1, -0.05) is 23.2 Å². The van der Waals surface area contributed by atoms with Crippen molar-refractivity contribution in [2.24, 2.45) is 0 Å². The van der Waals surface area contributed by atoms with Crippen LogP contribution in [-0.4, -0.2) is 9.55 Å². The van der Waals surface area contributed by atoms with Crippen molar-refractivity contribution in [2.45, 2.75) is 4.96 Å². The maximum Gasteiger partial charge on any atom is 0.184 e. The zero-order valence-electron chi connectivity index (χ0n) is 3.96. The predicted molar refractivity (Wildman–Crippen MR) is 33.0 cm³/mol. The lowest BCUT2D eigenvalue weighted by Gasteiger charge is -1.97. The fourth-order valence-corrected chi connectivity index (χ4v) is 0.616. The maximum absolute atomic E-state index is 5.43. The standard InChI is InChI=1S/C4H4Cl2N2/c5-4(6)8-2-1-7-3-8/h1-4H. The van der Waals surface area contributed by atoms with Crippen LogP contribution in [0.25, 0.3) is 0 Å². The molecule has 1 aromatic heterocycles. The van der Waals surface area contributed by atoms with Gasteiger partial charge in [-0.25, -0.2) is 4.98 Å². The van der Waals surface area contributed by atoms with Gasteiger partial charge in [-0.2, -0.15) is 0 Å². The van der Waals surface area contributed by atoms with Crippen molar-refractivity contribution < 1.29 is 0 Å². The second kappa shape index (κ2) is 2.37. The zero-order valence-corrected chi connectivity index (χ0v) is 5.47. The Morgan fingerprint density at radius 3 is 2.50 bits per heavy atom. The summed E-state index contributed by atoms with van der Waals surface area (Å²) < 4.78 is 1.59. The molecule has 1 aromatic rings. The molecule has 0 aliphatic carbocycles. The molecule has 0 N–H and O–H groups in total. The summed E-state index contributed by atoms with van der Waals surface area (Å²) in [6, 6.07) is 0. The van der Waals surface area contributed by atoms with E-state index in [2.05, 4.69) is 4.98 Å². The van der Waals surface area contributed by atoms with E-state index in [1.54, 1.807) is 23.3 Å². The predicted octanol–water partition coefficient (Wildman–Crippen LogP) is 1.82. The number of rotatable bonds is 1. The molecule has 44 valence electrons. The number of hydrogen-bond acceptors (Lipinski definition) is 1. The first-order valence-corrected chi connectivity index (χ1v) is 2.93. The van der Waals surface area contributed by atoms with Crippen LogP contribution in [0.3, 0.4) is 0 Å². The summed E-state index contributed by atoms with van der Waals surface area (Å²) in [5.41, 5.74) is 0. The Kier molecular flexibility index (Phi) is 1.76. The normalized spacial score (nSPS) is 10.4. The molecule has 0 aliphatic heterocycles. The first-order valence-electron chi connectivity index (χ1n) is 2.06. The van der Waals surface area contributed by atoms with Gasteiger partial charge in [0.2, 0.25) is 0 Å². The smallest absolute Gasteiger partial charge is 0.184 e. The number of hydrogen-bond donors (Lipinski definition) is 0. The largest absolute Gasteiger partial charge is 0.308 e. The SMILES string of the molecule is ClC(Cl)n1ccnc1. The summed E-state index contributed by atoms with van der Waals surface area (Å²) in [7, 11) is 0. The molecule has 1 rings (SSSR count). The van der Waals surface area contributed by atoms with E-state index in [0.717, 1.165) is 0 Å². The lowest BCUT2D eigenvalue weighted by atomic mass is 10.9. The van der Waals surface area contributed by atoms with Gasteiger partial charge in [0.05, 0.1) is 6.33 Å². The Morgan fingerprint density at radius 2 is 2.25 bits per heavy atom. The molecule has 0 radical (unpaired) electrons. The van der Waals surface area contributed by atoms with Crippen molar-refractivity contribution in [2.75, 3.05) is 0 Å². The van der Waals surface area contributed by atoms with Gasteiger partial charge < -0.3 is 4.57 Å². The summed E-state index contributed by atoms with van der Waals surface area (Å²) in [6.45, 7) is 0. The third-order valence-electron chi connectivity index (χ3n) is 0.750. The van der Waals surface area contributed by atoms with E-state index in [1.165, 1.54) is 0 Å². The highest BCUT2D eigenvalue weighted by Crippen LogP contribution is 2.14. The van der Waals surface area contributed by atoms with Crippen molar-refractivity contribution in [3.05, 3.63) is 18.7 Å². The van der Waals surface area contributed by atoms with Crippen molar-refractivity contribution in [3.63, 3.8) is 0 Å². The molecule has 0 aliphatic rings. The molecule has 0 saturated carbocycles. The van der Waals surface area contributed by atoms with Gasteiger partial charge in [0.15, 0.2) is 4.96 Å². The third kappa shape index (κ3) is 1.14. The molecule has 0 fully saturated rings. The number of halogens is 2. The van der Waals surface area contributed by atoms with Crippen LogP contribution in [-0.2, 0) is 0 Å². The molecule has 8 heavy (non-hydrogen) atoms. The van der Waals surface area contributed by atoms with Crippen LogP contribution in [0.1, 0.15) is 4.96 Å². The molecule has 0 amide bonds. The third-order valence-corrected chi connectivity index (χ3v) is 1.20. The Bertz CT molecular complexity index is 147. The van der Waals surface area contributed by atoms with E-state index in [9.17, 15) is 0 Å². The number of alkyl halides is 2. The van der Waals surface area contributed by atoms with Crippen molar-refractivity contribution >= 4 is 23.2 Å². The summed E-state index contributed by atoms with van der Waals surface area (Å²) in [4.78, 5) is 3.22. The van der Waals surface area contributed by atoms with E-state index in [0.29, 0.717) is 0 Å². The van der Waals surface area contributed by atoms with Crippen LogP contribution >= 0.6 is 23.2 Å². The van der Waals surface area contributed by atoms with Gasteiger partial charge in [-0.05, 0) is 0 Å². The first kappa shape index (κ1) is 5.92. The molecule has 0 aromatic carbocycles. The van der Waals surface area contributed by atoms with Gasteiger partial charge in [0, 0.05) is 12.4 Å². The van der Waals surface area contributed by atoms with E-state index >= 15 is 0 Å². The lowest BCUT2D eigenvalue weighted by Crippen LogP contribution is -1.89. The highest BCUT2D eigenvalue weighted by atomic mass is 35.5. The molecule has 0 spiro atoms. The zero-order chi connectivity index (χ0) is 5.98. The fraction of sp³-hybridized carbons (Fsp3) is 0.250. The van der Waals surface area contributed by atoms with Crippen LogP contribution in [0.4, 0.5) is 0 Å². The molecule has 1 heterocycles. The minimum Gasteiger partial charge on any atom is -0.308 e. The number of aromatic nitrogens is 2. The quantitative estimate of drug-likeness (QED) is 0.559. The van der Waals surface area contributed by atoms with Gasteiger partial charge in [-0.15, -0.1) is 0 Å². The Labute approximate surface area is 57.0 Å². The summed E-state index contributed by atoms with van der Waals surface area (Å²) in [5, 5.41) is 0. The Hall–Kier alpha value is -0.210. The second-order valence-electron chi connectivity index (χ2n) is 1.29. The highest BCUT2D eigenvalue weighted by molar-refractivity contribution is 6.42. The van der Waals surface area contributed by atoms with Gasteiger partial charge in [0.1, 0.15) is 0 Å². The van der Waals surface area contributed by atoms with E-state index < -0.39 is 4.96 Å². The van der Waals surface area contributed by atoms with E-state index in [-0.39, 0.29) is 0 Å². The average Bonchev–Trinajstić information content (AvgIpc) is 2.12. The minimum absolute atomic E-state index is 0.516. The van der Waals surface area contributed by atoms with Crippen LogP contribution < -0.4 is 0 Å². The van der Waals surface area contributed by atoms with Gasteiger partial charge in [0.25, 0.3) is 0 Å². The minimum atomic E-state index is -0.516. The second-order valence-corrected chi connectivity index (χ2v) is 2.34. The molecule has 0 unspecified atom stereocenters. The van der Waals surface area contributed by atoms with Crippen molar-refractivity contribution in [3.8, 4) is 0 Å².